The van der Waals surface area contributed by atoms with Crippen molar-refractivity contribution in [3.63, 3.8) is 0 Å². The van der Waals surface area contributed by atoms with E-state index in [9.17, 15) is 18.0 Å². The van der Waals surface area contributed by atoms with Crippen LogP contribution >= 0.6 is 0 Å². The number of benzene rings is 1. The maximum absolute atomic E-state index is 12.0. The minimum atomic E-state index is -3.63. The molecule has 0 aliphatic rings. The summed E-state index contributed by atoms with van der Waals surface area (Å²) in [5.74, 6) is -1.17. The summed E-state index contributed by atoms with van der Waals surface area (Å²) in [6.45, 7) is 3.16. The SMILES string of the molecule is CC(C)NC(=O)COC(=O)c1cccc(S(=O)(=O)N(C)C)c1. The summed E-state index contributed by atoms with van der Waals surface area (Å²) in [6.07, 6.45) is 0. The van der Waals surface area contributed by atoms with Gasteiger partial charge in [0.05, 0.1) is 10.5 Å². The first-order chi connectivity index (χ1) is 10.1. The molecule has 1 aromatic rings. The van der Waals surface area contributed by atoms with Crippen LogP contribution in [0.1, 0.15) is 24.2 Å². The topological polar surface area (TPSA) is 92.8 Å². The predicted molar refractivity (Wildman–Crippen MR) is 80.9 cm³/mol. The summed E-state index contributed by atoms with van der Waals surface area (Å²) >= 11 is 0. The van der Waals surface area contributed by atoms with Gasteiger partial charge in [0.25, 0.3) is 5.91 Å². The molecule has 0 bridgehead atoms. The lowest BCUT2D eigenvalue weighted by molar-refractivity contribution is -0.124. The van der Waals surface area contributed by atoms with Gasteiger partial charge >= 0.3 is 5.97 Å². The maximum Gasteiger partial charge on any atom is 0.338 e. The Balaban J connectivity index is 2.82. The number of ether oxygens (including phenoxy) is 1. The van der Waals surface area contributed by atoms with Gasteiger partial charge in [0.2, 0.25) is 10.0 Å². The fourth-order valence-corrected chi connectivity index (χ4v) is 2.52. The minimum Gasteiger partial charge on any atom is -0.452 e. The number of rotatable bonds is 6. The molecular formula is C14H20N2O5S. The molecular weight excluding hydrogens is 308 g/mol. The van der Waals surface area contributed by atoms with Crippen molar-refractivity contribution in [2.45, 2.75) is 24.8 Å². The Morgan fingerprint density at radius 1 is 1.27 bits per heavy atom. The molecule has 7 nitrogen and oxygen atoms in total. The largest absolute Gasteiger partial charge is 0.452 e. The van der Waals surface area contributed by atoms with Gasteiger partial charge in [-0.15, -0.1) is 0 Å². The molecule has 0 aromatic heterocycles. The summed E-state index contributed by atoms with van der Waals surface area (Å²) in [5.41, 5.74) is 0.0697. The zero-order valence-electron chi connectivity index (χ0n) is 13.0. The molecule has 8 heteroatoms. The van der Waals surface area contributed by atoms with Crippen LogP contribution < -0.4 is 5.32 Å². The first-order valence-electron chi connectivity index (χ1n) is 6.63. The molecule has 0 radical (unpaired) electrons. The van der Waals surface area contributed by atoms with E-state index in [0.717, 1.165) is 4.31 Å². The number of nitrogens with zero attached hydrogens (tertiary/aromatic N) is 1. The molecule has 122 valence electrons. The molecule has 0 aliphatic carbocycles. The van der Waals surface area contributed by atoms with Gasteiger partial charge in [-0.25, -0.2) is 17.5 Å². The summed E-state index contributed by atoms with van der Waals surface area (Å²) in [7, 11) is -0.835. The van der Waals surface area contributed by atoms with Crippen LogP contribution in [0.3, 0.4) is 0 Å². The fraction of sp³-hybridized carbons (Fsp3) is 0.429. The number of amides is 1. The summed E-state index contributed by atoms with van der Waals surface area (Å²) in [6, 6.07) is 5.42. The maximum atomic E-state index is 12.0. The molecule has 0 aliphatic heterocycles. The van der Waals surface area contributed by atoms with Crippen LogP contribution in [0.25, 0.3) is 0 Å². The van der Waals surface area contributed by atoms with Gasteiger partial charge < -0.3 is 10.1 Å². The third kappa shape index (κ3) is 4.81. The molecule has 0 atom stereocenters. The first kappa shape index (κ1) is 18.1. The van der Waals surface area contributed by atoms with Crippen molar-refractivity contribution in [1.29, 1.82) is 0 Å². The predicted octanol–water partition coefficient (Wildman–Crippen LogP) is 0.618. The Kier molecular flexibility index (Phi) is 6.07. The van der Waals surface area contributed by atoms with E-state index >= 15 is 0 Å². The average Bonchev–Trinajstić information content (AvgIpc) is 2.44. The van der Waals surface area contributed by atoms with E-state index in [4.69, 9.17) is 4.74 Å². The lowest BCUT2D eigenvalue weighted by atomic mass is 10.2. The smallest absolute Gasteiger partial charge is 0.338 e. The third-order valence-electron chi connectivity index (χ3n) is 2.63. The van der Waals surface area contributed by atoms with Gasteiger partial charge in [0.15, 0.2) is 6.61 Å². The van der Waals surface area contributed by atoms with Crippen LogP contribution in [0.15, 0.2) is 29.2 Å². The number of hydrogen-bond donors (Lipinski definition) is 1. The molecule has 0 unspecified atom stereocenters. The Morgan fingerprint density at radius 2 is 1.91 bits per heavy atom. The van der Waals surface area contributed by atoms with Crippen molar-refractivity contribution < 1.29 is 22.7 Å². The van der Waals surface area contributed by atoms with Gasteiger partial charge in [0.1, 0.15) is 0 Å². The number of sulfonamides is 1. The first-order valence-corrected chi connectivity index (χ1v) is 8.07. The number of carbonyl (C=O) groups excluding carboxylic acids is 2. The van der Waals surface area contributed by atoms with E-state index in [1.807, 2.05) is 0 Å². The highest BCUT2D eigenvalue weighted by atomic mass is 32.2. The summed E-state index contributed by atoms with van der Waals surface area (Å²) in [5, 5.41) is 2.58. The molecule has 0 spiro atoms. The number of nitrogens with one attached hydrogen (secondary N) is 1. The van der Waals surface area contributed by atoms with Crippen LogP contribution in [0.2, 0.25) is 0 Å². The van der Waals surface area contributed by atoms with Crippen molar-refractivity contribution in [2.24, 2.45) is 0 Å². The zero-order chi connectivity index (χ0) is 16.9. The highest BCUT2D eigenvalue weighted by Crippen LogP contribution is 2.15. The molecule has 1 N–H and O–H groups in total. The molecule has 0 heterocycles. The van der Waals surface area contributed by atoms with Gasteiger partial charge in [-0.2, -0.15) is 0 Å². The number of hydrogen-bond acceptors (Lipinski definition) is 5. The molecule has 0 fully saturated rings. The third-order valence-corrected chi connectivity index (χ3v) is 4.44. The molecule has 1 aromatic carbocycles. The molecule has 22 heavy (non-hydrogen) atoms. The van der Waals surface area contributed by atoms with Crippen molar-refractivity contribution in [3.8, 4) is 0 Å². The van der Waals surface area contributed by atoms with E-state index in [2.05, 4.69) is 5.32 Å². The molecule has 1 rings (SSSR count). The van der Waals surface area contributed by atoms with Crippen molar-refractivity contribution >= 4 is 21.9 Å². The van der Waals surface area contributed by atoms with E-state index in [1.165, 1.54) is 38.4 Å². The van der Waals surface area contributed by atoms with Gasteiger partial charge in [-0.05, 0) is 32.0 Å². The van der Waals surface area contributed by atoms with Crippen LogP contribution in [-0.4, -0.2) is 51.3 Å². The fourth-order valence-electron chi connectivity index (χ4n) is 1.57. The van der Waals surface area contributed by atoms with Crippen LogP contribution in [-0.2, 0) is 19.6 Å². The van der Waals surface area contributed by atoms with E-state index in [-0.39, 0.29) is 16.5 Å². The number of esters is 1. The number of carbonyl (C=O) groups is 2. The highest BCUT2D eigenvalue weighted by Gasteiger charge is 2.19. The van der Waals surface area contributed by atoms with Gasteiger partial charge in [0, 0.05) is 20.1 Å². The normalized spacial score (nSPS) is 11.5. The van der Waals surface area contributed by atoms with Gasteiger partial charge in [-0.3, -0.25) is 4.79 Å². The summed E-state index contributed by atoms with van der Waals surface area (Å²) in [4.78, 5) is 23.3. The lowest BCUT2D eigenvalue weighted by Crippen LogP contribution is -2.34. The molecule has 0 saturated heterocycles. The standard InChI is InChI=1S/C14H20N2O5S/c1-10(2)15-13(17)9-21-14(18)11-6-5-7-12(8-11)22(19,20)16(3)4/h5-8,10H,9H2,1-4H3,(H,15,17). The van der Waals surface area contributed by atoms with Crippen LogP contribution in [0.5, 0.6) is 0 Å². The van der Waals surface area contributed by atoms with E-state index < -0.39 is 28.5 Å². The molecule has 0 saturated carbocycles. The zero-order valence-corrected chi connectivity index (χ0v) is 13.8. The lowest BCUT2D eigenvalue weighted by Gasteiger charge is -2.12. The second kappa shape index (κ2) is 7.37. The Labute approximate surface area is 130 Å². The second-order valence-corrected chi connectivity index (χ2v) is 7.27. The Bertz CT molecular complexity index is 653. The highest BCUT2D eigenvalue weighted by molar-refractivity contribution is 7.89. The van der Waals surface area contributed by atoms with Crippen molar-refractivity contribution in [2.75, 3.05) is 20.7 Å². The monoisotopic (exact) mass is 328 g/mol. The second-order valence-electron chi connectivity index (χ2n) is 5.11. The Hall–Kier alpha value is -1.93. The Morgan fingerprint density at radius 3 is 2.45 bits per heavy atom. The van der Waals surface area contributed by atoms with Crippen LogP contribution in [0.4, 0.5) is 0 Å². The van der Waals surface area contributed by atoms with E-state index in [0.29, 0.717) is 0 Å². The van der Waals surface area contributed by atoms with E-state index in [1.54, 1.807) is 13.8 Å². The average molecular weight is 328 g/mol. The van der Waals surface area contributed by atoms with Crippen molar-refractivity contribution in [3.05, 3.63) is 29.8 Å². The quantitative estimate of drug-likeness (QED) is 0.773. The minimum absolute atomic E-state index is 0.0152. The van der Waals surface area contributed by atoms with Crippen LogP contribution in [0, 0.1) is 0 Å². The van der Waals surface area contributed by atoms with Crippen molar-refractivity contribution in [1.82, 2.24) is 9.62 Å². The molecule has 1 amide bonds. The van der Waals surface area contributed by atoms with Gasteiger partial charge in [-0.1, -0.05) is 6.07 Å². The summed E-state index contributed by atoms with van der Waals surface area (Å²) < 4.78 is 29.9.